The van der Waals surface area contributed by atoms with Crippen molar-refractivity contribution in [3.63, 3.8) is 0 Å². The van der Waals surface area contributed by atoms with Crippen LogP contribution in [0, 0.1) is 13.8 Å². The lowest BCUT2D eigenvalue weighted by Crippen LogP contribution is -2.27. The van der Waals surface area contributed by atoms with Gasteiger partial charge in [0.15, 0.2) is 0 Å². The topological polar surface area (TPSA) is 75.4 Å². The highest BCUT2D eigenvalue weighted by atomic mass is 35.5. The van der Waals surface area contributed by atoms with Crippen molar-refractivity contribution in [2.45, 2.75) is 26.8 Å². The van der Waals surface area contributed by atoms with Crippen LogP contribution in [0.3, 0.4) is 0 Å². The minimum absolute atomic E-state index is 0. The molecule has 0 radical (unpaired) electrons. The van der Waals surface area contributed by atoms with Crippen LogP contribution in [0.2, 0.25) is 0 Å². The first kappa shape index (κ1) is 19.4. The van der Waals surface area contributed by atoms with Gasteiger partial charge in [-0.25, -0.2) is 0 Å². The van der Waals surface area contributed by atoms with Crippen LogP contribution in [0.25, 0.3) is 0 Å². The normalized spacial score (nSPS) is 13.7. The number of anilines is 1. The van der Waals surface area contributed by atoms with E-state index in [9.17, 15) is 9.59 Å². The molecule has 0 aliphatic carbocycles. The van der Waals surface area contributed by atoms with Gasteiger partial charge in [0, 0.05) is 23.5 Å². The van der Waals surface area contributed by atoms with Crippen LogP contribution in [0.1, 0.15) is 42.3 Å². The summed E-state index contributed by atoms with van der Waals surface area (Å²) in [5.74, 6) is -0.694. The number of carbonyl (C=O) groups is 2. The number of nitrogens with two attached hydrogens (primary N) is 1. The molecule has 1 aromatic carbocycles. The van der Waals surface area contributed by atoms with Gasteiger partial charge in [-0.1, -0.05) is 6.07 Å². The number of aryl methyl sites for hydroxylation is 2. The molecule has 5 nitrogen and oxygen atoms in total. The van der Waals surface area contributed by atoms with Gasteiger partial charge in [0.05, 0.1) is 5.56 Å². The number of nitrogens with one attached hydrogen (secondary N) is 1. The molecule has 7 heteroatoms. The Bertz CT molecular complexity index is 832. The van der Waals surface area contributed by atoms with Crippen LogP contribution in [-0.4, -0.2) is 30.3 Å². The highest BCUT2D eigenvalue weighted by molar-refractivity contribution is 7.17. The van der Waals surface area contributed by atoms with Gasteiger partial charge in [-0.2, -0.15) is 0 Å². The van der Waals surface area contributed by atoms with Crippen molar-refractivity contribution in [3.8, 4) is 0 Å². The molecule has 0 atom stereocenters. The fourth-order valence-electron chi connectivity index (χ4n) is 2.94. The number of carbonyl (C=O) groups excluding carboxylic acids is 2. The Balaban J connectivity index is 0.00000225. The average Bonchev–Trinajstić information content (AvgIpc) is 2.86. The lowest BCUT2D eigenvalue weighted by molar-refractivity contribution is 0.1000. The molecule has 0 saturated heterocycles. The summed E-state index contributed by atoms with van der Waals surface area (Å²) in [4.78, 5) is 27.8. The zero-order valence-electron chi connectivity index (χ0n) is 14.5. The number of likely N-dealkylation sites (N-methyl/N-ethyl adjacent to an activating group) is 1. The monoisotopic (exact) mass is 379 g/mol. The minimum Gasteiger partial charge on any atom is -0.365 e. The first-order chi connectivity index (χ1) is 11.4. The first-order valence-electron chi connectivity index (χ1n) is 7.88. The van der Waals surface area contributed by atoms with Crippen molar-refractivity contribution in [1.29, 1.82) is 0 Å². The third-order valence-electron chi connectivity index (χ3n) is 4.49. The Labute approximate surface area is 157 Å². The summed E-state index contributed by atoms with van der Waals surface area (Å²) in [5, 5.41) is 3.45. The van der Waals surface area contributed by atoms with E-state index in [1.54, 1.807) is 6.07 Å². The van der Waals surface area contributed by atoms with Gasteiger partial charge in [0.1, 0.15) is 5.00 Å². The highest BCUT2D eigenvalue weighted by Gasteiger charge is 2.26. The van der Waals surface area contributed by atoms with Crippen molar-refractivity contribution < 1.29 is 9.59 Å². The quantitative estimate of drug-likeness (QED) is 0.860. The second kappa shape index (κ2) is 7.56. The van der Waals surface area contributed by atoms with Crippen molar-refractivity contribution in [2.75, 3.05) is 18.9 Å². The van der Waals surface area contributed by atoms with Crippen LogP contribution >= 0.6 is 23.7 Å². The lowest BCUT2D eigenvalue weighted by Gasteiger charge is -2.22. The minimum atomic E-state index is -0.479. The van der Waals surface area contributed by atoms with Crippen LogP contribution in [0.15, 0.2) is 18.2 Å². The van der Waals surface area contributed by atoms with E-state index in [4.69, 9.17) is 5.73 Å². The predicted octanol–water partition coefficient (Wildman–Crippen LogP) is 3.13. The Morgan fingerprint density at radius 2 is 1.96 bits per heavy atom. The first-order valence-corrected chi connectivity index (χ1v) is 8.70. The number of hydrogen-bond acceptors (Lipinski definition) is 4. The van der Waals surface area contributed by atoms with Crippen molar-refractivity contribution in [3.05, 3.63) is 50.9 Å². The molecule has 0 unspecified atom stereocenters. The maximum absolute atomic E-state index is 12.6. The Kier molecular flexibility index (Phi) is 5.87. The smallest absolute Gasteiger partial charge is 0.256 e. The van der Waals surface area contributed by atoms with Gasteiger partial charge in [-0.15, -0.1) is 23.7 Å². The van der Waals surface area contributed by atoms with Gasteiger partial charge in [0.25, 0.3) is 11.8 Å². The molecule has 2 aromatic rings. The highest BCUT2D eigenvalue weighted by Crippen LogP contribution is 2.36. The van der Waals surface area contributed by atoms with E-state index < -0.39 is 5.91 Å². The molecule has 0 fully saturated rings. The number of amides is 2. The number of thiophene rings is 1. The van der Waals surface area contributed by atoms with E-state index in [1.165, 1.54) is 11.3 Å². The van der Waals surface area contributed by atoms with Gasteiger partial charge in [-0.3, -0.25) is 9.59 Å². The number of primary amides is 1. The van der Waals surface area contributed by atoms with Crippen molar-refractivity contribution in [2.24, 2.45) is 5.73 Å². The van der Waals surface area contributed by atoms with E-state index in [0.29, 0.717) is 16.1 Å². The maximum Gasteiger partial charge on any atom is 0.256 e. The summed E-state index contributed by atoms with van der Waals surface area (Å²) in [6, 6.07) is 5.58. The van der Waals surface area contributed by atoms with E-state index in [2.05, 4.69) is 10.2 Å². The number of fused-ring (bicyclic) bond motifs is 1. The molecular weight excluding hydrogens is 358 g/mol. The average molecular weight is 380 g/mol. The summed E-state index contributed by atoms with van der Waals surface area (Å²) in [5.41, 5.74) is 9.82. The second-order valence-electron chi connectivity index (χ2n) is 6.31. The van der Waals surface area contributed by atoms with Crippen molar-refractivity contribution in [1.82, 2.24) is 4.90 Å². The molecule has 25 heavy (non-hydrogen) atoms. The van der Waals surface area contributed by atoms with Crippen molar-refractivity contribution >= 4 is 40.6 Å². The van der Waals surface area contributed by atoms with Crippen LogP contribution < -0.4 is 11.1 Å². The molecule has 2 amide bonds. The van der Waals surface area contributed by atoms with Gasteiger partial charge in [0.2, 0.25) is 0 Å². The molecule has 2 heterocycles. The fourth-order valence-corrected chi connectivity index (χ4v) is 4.27. The van der Waals surface area contributed by atoms with E-state index in [0.717, 1.165) is 41.1 Å². The molecule has 3 rings (SSSR count). The molecule has 0 saturated carbocycles. The van der Waals surface area contributed by atoms with E-state index in [-0.39, 0.29) is 18.3 Å². The number of nitrogens with zero attached hydrogens (tertiary/aromatic N) is 1. The fraction of sp³-hybridized carbons (Fsp3) is 0.333. The summed E-state index contributed by atoms with van der Waals surface area (Å²) in [6.07, 6.45) is 0.778. The summed E-state index contributed by atoms with van der Waals surface area (Å²) < 4.78 is 0. The zero-order valence-corrected chi connectivity index (χ0v) is 16.1. The number of benzene rings is 1. The maximum atomic E-state index is 12.6. The Hall–Kier alpha value is -1.89. The number of hydrogen-bond donors (Lipinski definition) is 2. The molecular formula is C18H22ClN3O2S. The van der Waals surface area contributed by atoms with Crippen LogP contribution in [0.5, 0.6) is 0 Å². The number of rotatable bonds is 3. The Morgan fingerprint density at radius 3 is 2.60 bits per heavy atom. The summed E-state index contributed by atoms with van der Waals surface area (Å²) >= 11 is 1.45. The van der Waals surface area contributed by atoms with Crippen LogP contribution in [0.4, 0.5) is 5.00 Å². The second-order valence-corrected chi connectivity index (χ2v) is 7.42. The third-order valence-corrected chi connectivity index (χ3v) is 5.62. The molecule has 0 bridgehead atoms. The third kappa shape index (κ3) is 3.86. The molecule has 1 aromatic heterocycles. The number of halogens is 1. The van der Waals surface area contributed by atoms with E-state index in [1.807, 2.05) is 33.0 Å². The van der Waals surface area contributed by atoms with Gasteiger partial charge in [-0.05, 0) is 56.1 Å². The van der Waals surface area contributed by atoms with Crippen LogP contribution in [-0.2, 0) is 13.0 Å². The Morgan fingerprint density at radius 1 is 1.24 bits per heavy atom. The zero-order chi connectivity index (χ0) is 17.4. The largest absolute Gasteiger partial charge is 0.365 e. The molecule has 134 valence electrons. The lowest BCUT2D eigenvalue weighted by atomic mass is 10.0. The van der Waals surface area contributed by atoms with Gasteiger partial charge >= 0.3 is 0 Å². The van der Waals surface area contributed by atoms with E-state index >= 15 is 0 Å². The van der Waals surface area contributed by atoms with Gasteiger partial charge < -0.3 is 16.0 Å². The SMILES string of the molecule is Cc1ccc(C(=O)Nc2sc3c(c2C(N)=O)CCN(C)C3)cc1C.Cl. The molecule has 1 aliphatic heterocycles. The standard InChI is InChI=1S/C18H21N3O2S.ClH/c1-10-4-5-12(8-11(10)2)17(23)20-18-15(16(19)22)13-6-7-21(3)9-14(13)24-18;/h4-5,8H,6-7,9H2,1-3H3,(H2,19,22)(H,20,23);1H. The molecule has 0 spiro atoms. The molecule has 3 N–H and O–H groups in total. The predicted molar refractivity (Wildman–Crippen MR) is 104 cm³/mol. The summed E-state index contributed by atoms with van der Waals surface area (Å²) in [6.45, 7) is 5.64. The molecule has 1 aliphatic rings. The summed E-state index contributed by atoms with van der Waals surface area (Å²) in [7, 11) is 2.04.